The average molecular weight is 292 g/mol. The van der Waals surface area contributed by atoms with Crippen LogP contribution in [0.4, 0.5) is 9.52 Å². The molecular formula is C15H17FN2OS. The van der Waals surface area contributed by atoms with Crippen molar-refractivity contribution in [3.8, 4) is 11.3 Å². The zero-order valence-electron chi connectivity index (χ0n) is 11.5. The first-order chi connectivity index (χ1) is 9.63. The number of anilines is 1. The Bertz CT molecular complexity index is 576. The van der Waals surface area contributed by atoms with E-state index in [4.69, 9.17) is 0 Å². The zero-order valence-corrected chi connectivity index (χ0v) is 12.3. The predicted molar refractivity (Wildman–Crippen MR) is 80.2 cm³/mol. The van der Waals surface area contributed by atoms with Crippen LogP contribution < -0.4 is 5.32 Å². The summed E-state index contributed by atoms with van der Waals surface area (Å²) in [7, 11) is 0. The fourth-order valence-corrected chi connectivity index (χ4v) is 2.67. The Kier molecular flexibility index (Phi) is 4.84. The molecule has 1 heterocycles. The Morgan fingerprint density at radius 2 is 1.95 bits per heavy atom. The molecule has 0 aliphatic carbocycles. The predicted octanol–water partition coefficient (Wildman–Crippen LogP) is 4.32. The maximum atomic E-state index is 12.9. The number of nitrogens with one attached hydrogen (secondary N) is 1. The molecular weight excluding hydrogens is 275 g/mol. The second-order valence-corrected chi connectivity index (χ2v) is 5.41. The van der Waals surface area contributed by atoms with Crippen molar-refractivity contribution >= 4 is 22.4 Å². The van der Waals surface area contributed by atoms with Crippen molar-refractivity contribution in [3.05, 3.63) is 35.5 Å². The minimum absolute atomic E-state index is 0.00926. The summed E-state index contributed by atoms with van der Waals surface area (Å²) in [5, 5.41) is 5.28. The molecule has 1 amide bonds. The first-order valence-electron chi connectivity index (χ1n) is 6.66. The van der Waals surface area contributed by atoms with E-state index in [1.807, 2.05) is 19.2 Å². The number of hydrogen-bond donors (Lipinski definition) is 1. The topological polar surface area (TPSA) is 42.0 Å². The maximum absolute atomic E-state index is 12.9. The van der Waals surface area contributed by atoms with Crippen LogP contribution >= 0.6 is 11.3 Å². The molecule has 0 aliphatic rings. The smallest absolute Gasteiger partial charge is 0.229 e. The molecule has 1 aromatic carbocycles. The van der Waals surface area contributed by atoms with Crippen molar-refractivity contribution in [1.82, 2.24) is 4.98 Å². The summed E-state index contributed by atoms with van der Waals surface area (Å²) in [5.41, 5.74) is 1.58. The fourth-order valence-electron chi connectivity index (χ4n) is 1.95. The van der Waals surface area contributed by atoms with Crippen molar-refractivity contribution in [2.75, 3.05) is 5.32 Å². The lowest BCUT2D eigenvalue weighted by Gasteiger charge is -2.10. The Morgan fingerprint density at radius 1 is 1.30 bits per heavy atom. The number of thiazole rings is 1. The van der Waals surface area contributed by atoms with Gasteiger partial charge in [0.15, 0.2) is 5.13 Å². The maximum Gasteiger partial charge on any atom is 0.229 e. The number of rotatable bonds is 5. The quantitative estimate of drug-likeness (QED) is 0.891. The standard InChI is InChI=1S/C15H17FN2OS/c1-3-10(4-2)14(19)18-15-17-13(9-20-15)11-5-7-12(16)8-6-11/h5-10H,3-4H2,1-2H3,(H,17,18,19). The van der Waals surface area contributed by atoms with Crippen LogP contribution in [0.15, 0.2) is 29.6 Å². The van der Waals surface area contributed by atoms with Crippen molar-refractivity contribution in [1.29, 1.82) is 0 Å². The first-order valence-corrected chi connectivity index (χ1v) is 7.54. The van der Waals surface area contributed by atoms with Gasteiger partial charge in [-0.1, -0.05) is 13.8 Å². The van der Waals surface area contributed by atoms with Crippen LogP contribution in [0.3, 0.4) is 0 Å². The molecule has 0 atom stereocenters. The average Bonchev–Trinajstić information content (AvgIpc) is 2.89. The Labute approximate surface area is 121 Å². The molecule has 0 fully saturated rings. The van der Waals surface area contributed by atoms with E-state index >= 15 is 0 Å². The van der Waals surface area contributed by atoms with Crippen LogP contribution in [0.5, 0.6) is 0 Å². The molecule has 2 rings (SSSR count). The summed E-state index contributed by atoms with van der Waals surface area (Å²) in [6.07, 6.45) is 1.64. The normalized spacial score (nSPS) is 10.8. The lowest BCUT2D eigenvalue weighted by molar-refractivity contribution is -0.120. The van der Waals surface area contributed by atoms with Gasteiger partial charge in [-0.15, -0.1) is 11.3 Å². The SMILES string of the molecule is CCC(CC)C(=O)Nc1nc(-c2ccc(F)cc2)cs1. The molecule has 0 saturated heterocycles. The molecule has 3 nitrogen and oxygen atoms in total. The van der Waals surface area contributed by atoms with E-state index in [9.17, 15) is 9.18 Å². The summed E-state index contributed by atoms with van der Waals surface area (Å²) >= 11 is 1.38. The van der Waals surface area contributed by atoms with Crippen LogP contribution in [-0.4, -0.2) is 10.9 Å². The lowest BCUT2D eigenvalue weighted by atomic mass is 10.0. The lowest BCUT2D eigenvalue weighted by Crippen LogP contribution is -2.21. The summed E-state index contributed by atoms with van der Waals surface area (Å²) in [6, 6.07) is 6.15. The van der Waals surface area contributed by atoms with Crippen LogP contribution in [0.2, 0.25) is 0 Å². The van der Waals surface area contributed by atoms with Gasteiger partial charge in [0.1, 0.15) is 5.82 Å². The molecule has 0 bridgehead atoms. The number of halogens is 1. The van der Waals surface area contributed by atoms with Crippen LogP contribution in [0.1, 0.15) is 26.7 Å². The van der Waals surface area contributed by atoms with Gasteiger partial charge in [0.25, 0.3) is 0 Å². The second kappa shape index (κ2) is 6.61. The van der Waals surface area contributed by atoms with Gasteiger partial charge in [-0.05, 0) is 37.1 Å². The molecule has 2 aromatic rings. The highest BCUT2D eigenvalue weighted by molar-refractivity contribution is 7.14. The zero-order chi connectivity index (χ0) is 14.5. The third-order valence-corrected chi connectivity index (χ3v) is 3.99. The van der Waals surface area contributed by atoms with Gasteiger partial charge in [0.2, 0.25) is 5.91 Å². The van der Waals surface area contributed by atoms with Gasteiger partial charge in [-0.3, -0.25) is 4.79 Å². The van der Waals surface area contributed by atoms with Crippen LogP contribution in [-0.2, 0) is 4.79 Å². The van der Waals surface area contributed by atoms with E-state index in [0.29, 0.717) is 5.13 Å². The van der Waals surface area contributed by atoms with Gasteiger partial charge < -0.3 is 5.32 Å². The Hall–Kier alpha value is -1.75. The highest BCUT2D eigenvalue weighted by Gasteiger charge is 2.15. The molecule has 20 heavy (non-hydrogen) atoms. The molecule has 0 radical (unpaired) electrons. The molecule has 106 valence electrons. The molecule has 1 N–H and O–H groups in total. The monoisotopic (exact) mass is 292 g/mol. The van der Waals surface area contributed by atoms with Crippen LogP contribution in [0.25, 0.3) is 11.3 Å². The first kappa shape index (κ1) is 14.7. The van der Waals surface area contributed by atoms with E-state index in [2.05, 4.69) is 10.3 Å². The van der Waals surface area contributed by atoms with Crippen molar-refractivity contribution in [3.63, 3.8) is 0 Å². The molecule has 0 aliphatic heterocycles. The third kappa shape index (κ3) is 3.42. The summed E-state index contributed by atoms with van der Waals surface area (Å²) in [6.45, 7) is 4.00. The van der Waals surface area contributed by atoms with E-state index in [1.165, 1.54) is 23.5 Å². The van der Waals surface area contributed by atoms with E-state index < -0.39 is 0 Å². The van der Waals surface area contributed by atoms with E-state index in [0.717, 1.165) is 24.1 Å². The van der Waals surface area contributed by atoms with Gasteiger partial charge >= 0.3 is 0 Å². The molecule has 0 unspecified atom stereocenters. The molecule has 0 saturated carbocycles. The largest absolute Gasteiger partial charge is 0.302 e. The van der Waals surface area contributed by atoms with Gasteiger partial charge in [-0.2, -0.15) is 0 Å². The molecule has 1 aromatic heterocycles. The number of nitrogens with zero attached hydrogens (tertiary/aromatic N) is 1. The minimum atomic E-state index is -0.272. The molecule has 5 heteroatoms. The Balaban J connectivity index is 2.09. The number of amides is 1. The highest BCUT2D eigenvalue weighted by atomic mass is 32.1. The van der Waals surface area contributed by atoms with Crippen molar-refractivity contribution in [2.45, 2.75) is 26.7 Å². The van der Waals surface area contributed by atoms with Gasteiger partial charge in [-0.25, -0.2) is 9.37 Å². The number of carbonyl (C=O) groups is 1. The summed E-state index contributed by atoms with van der Waals surface area (Å²) < 4.78 is 12.9. The van der Waals surface area contributed by atoms with Gasteiger partial charge in [0.05, 0.1) is 5.69 Å². The van der Waals surface area contributed by atoms with E-state index in [-0.39, 0.29) is 17.6 Å². The van der Waals surface area contributed by atoms with Gasteiger partial charge in [0, 0.05) is 16.9 Å². The fraction of sp³-hybridized carbons (Fsp3) is 0.333. The van der Waals surface area contributed by atoms with Crippen LogP contribution in [0, 0.1) is 11.7 Å². The number of benzene rings is 1. The second-order valence-electron chi connectivity index (χ2n) is 4.55. The number of aromatic nitrogens is 1. The minimum Gasteiger partial charge on any atom is -0.302 e. The van der Waals surface area contributed by atoms with Crippen molar-refractivity contribution in [2.24, 2.45) is 5.92 Å². The summed E-state index contributed by atoms with van der Waals surface area (Å²) in [4.78, 5) is 16.3. The highest BCUT2D eigenvalue weighted by Crippen LogP contribution is 2.25. The number of carbonyl (C=O) groups excluding carboxylic acids is 1. The Morgan fingerprint density at radius 3 is 2.55 bits per heavy atom. The van der Waals surface area contributed by atoms with E-state index in [1.54, 1.807) is 12.1 Å². The number of hydrogen-bond acceptors (Lipinski definition) is 3. The van der Waals surface area contributed by atoms with Crippen molar-refractivity contribution < 1.29 is 9.18 Å². The third-order valence-electron chi connectivity index (χ3n) is 3.23. The summed E-state index contributed by atoms with van der Waals surface area (Å²) in [5.74, 6) is -0.241. The molecule has 0 spiro atoms.